The van der Waals surface area contributed by atoms with Gasteiger partial charge < -0.3 is 17.0 Å². The molecule has 3 rings (SSSR count). The van der Waals surface area contributed by atoms with Crippen molar-refractivity contribution >= 4 is 23.3 Å². The highest BCUT2D eigenvalue weighted by molar-refractivity contribution is 7.93. The summed E-state index contributed by atoms with van der Waals surface area (Å²) in [6.45, 7) is 3.25. The Bertz CT molecular complexity index is 635. The first-order chi connectivity index (χ1) is 11.3. The minimum atomic E-state index is -1.81. The van der Waals surface area contributed by atoms with Crippen LogP contribution in [0.4, 0.5) is 0 Å². The van der Waals surface area contributed by atoms with Crippen molar-refractivity contribution in [2.24, 2.45) is 0 Å². The summed E-state index contributed by atoms with van der Waals surface area (Å²) in [6, 6.07) is 32.9. The van der Waals surface area contributed by atoms with Gasteiger partial charge in [0, 0.05) is 13.6 Å². The van der Waals surface area contributed by atoms with E-state index >= 15 is 0 Å². The SMILES string of the molecule is CCN(C)[P+](c1ccccc1)(c1ccccc1)c1ccccc1.[Br-]. The smallest absolute Gasteiger partial charge is 0.181 e. The molecule has 3 aromatic rings. The first-order valence-corrected chi connectivity index (χ1v) is 9.82. The fourth-order valence-electron chi connectivity index (χ4n) is 3.18. The van der Waals surface area contributed by atoms with Crippen molar-refractivity contribution in [3.8, 4) is 0 Å². The van der Waals surface area contributed by atoms with Crippen LogP contribution in [0, 0.1) is 0 Å². The van der Waals surface area contributed by atoms with E-state index in [9.17, 15) is 0 Å². The predicted octanol–water partition coefficient (Wildman–Crippen LogP) is 0.851. The molecule has 0 radical (unpaired) electrons. The van der Waals surface area contributed by atoms with Gasteiger partial charge in [0.25, 0.3) is 0 Å². The molecule has 0 aliphatic carbocycles. The minimum absolute atomic E-state index is 0. The van der Waals surface area contributed by atoms with Gasteiger partial charge in [0.2, 0.25) is 0 Å². The van der Waals surface area contributed by atoms with Gasteiger partial charge in [0.1, 0.15) is 15.9 Å². The average molecular weight is 400 g/mol. The predicted molar refractivity (Wildman–Crippen MR) is 103 cm³/mol. The van der Waals surface area contributed by atoms with E-state index in [-0.39, 0.29) is 17.0 Å². The highest BCUT2D eigenvalue weighted by Gasteiger charge is 2.49. The van der Waals surface area contributed by atoms with Crippen molar-refractivity contribution in [1.29, 1.82) is 0 Å². The number of rotatable bonds is 5. The summed E-state index contributed by atoms with van der Waals surface area (Å²) in [5.41, 5.74) is 0. The summed E-state index contributed by atoms with van der Waals surface area (Å²) in [7, 11) is 0.440. The summed E-state index contributed by atoms with van der Waals surface area (Å²) in [5.74, 6) is 0. The summed E-state index contributed by atoms with van der Waals surface area (Å²) in [4.78, 5) is 0. The van der Waals surface area contributed by atoms with E-state index in [2.05, 4.69) is 110 Å². The molecule has 0 bridgehead atoms. The maximum absolute atomic E-state index is 2.53. The number of hydrogen-bond donors (Lipinski definition) is 0. The normalized spacial score (nSPS) is 11.1. The van der Waals surface area contributed by atoms with Crippen LogP contribution in [0.1, 0.15) is 6.92 Å². The van der Waals surface area contributed by atoms with Crippen LogP contribution in [0.5, 0.6) is 0 Å². The molecule has 0 spiro atoms. The molecule has 0 aliphatic rings. The molecule has 0 aromatic heterocycles. The maximum atomic E-state index is 2.53. The van der Waals surface area contributed by atoms with Crippen LogP contribution >= 0.6 is 7.41 Å². The monoisotopic (exact) mass is 399 g/mol. The zero-order valence-electron chi connectivity index (χ0n) is 14.1. The van der Waals surface area contributed by atoms with Crippen molar-refractivity contribution in [1.82, 2.24) is 4.67 Å². The second kappa shape index (κ2) is 8.58. The minimum Gasteiger partial charge on any atom is -1.00 e. The molecule has 0 heterocycles. The molecule has 3 heteroatoms. The van der Waals surface area contributed by atoms with Gasteiger partial charge in [0.05, 0.1) is 0 Å². The van der Waals surface area contributed by atoms with Crippen LogP contribution < -0.4 is 32.9 Å². The van der Waals surface area contributed by atoms with E-state index in [1.807, 2.05) is 0 Å². The standard InChI is InChI=1S/C21H23NP.BrH/c1-3-22(2)23(19-13-7-4-8-14-19,20-15-9-5-10-16-20)21-17-11-6-12-18-21;/h4-18H,3H2,1-2H3;1H/q+1;/p-1. The molecule has 0 unspecified atom stereocenters. The Hall–Kier alpha value is -1.47. The Labute approximate surface area is 156 Å². The number of hydrogen-bond acceptors (Lipinski definition) is 1. The Morgan fingerprint density at radius 2 is 0.917 bits per heavy atom. The lowest BCUT2D eigenvalue weighted by atomic mass is 10.4. The van der Waals surface area contributed by atoms with Gasteiger partial charge >= 0.3 is 0 Å². The zero-order chi connectivity index (χ0) is 16.1. The first kappa shape index (κ1) is 18.9. The molecule has 0 amide bonds. The number of halogens is 1. The lowest BCUT2D eigenvalue weighted by molar-refractivity contribution is -0.00000459. The zero-order valence-corrected chi connectivity index (χ0v) is 16.6. The van der Waals surface area contributed by atoms with E-state index in [1.165, 1.54) is 15.9 Å². The topological polar surface area (TPSA) is 3.24 Å². The highest BCUT2D eigenvalue weighted by Crippen LogP contribution is 2.57. The van der Waals surface area contributed by atoms with E-state index in [1.54, 1.807) is 0 Å². The number of nitrogens with zero attached hydrogens (tertiary/aromatic N) is 1. The van der Waals surface area contributed by atoms with Gasteiger partial charge in [-0.3, -0.25) is 0 Å². The molecule has 0 atom stereocenters. The molecule has 0 N–H and O–H groups in total. The van der Waals surface area contributed by atoms with Crippen LogP contribution in [0.3, 0.4) is 0 Å². The Morgan fingerprint density at radius 1 is 0.625 bits per heavy atom. The molecule has 24 heavy (non-hydrogen) atoms. The molecule has 0 fully saturated rings. The van der Waals surface area contributed by atoms with Gasteiger partial charge in [-0.1, -0.05) is 54.6 Å². The highest BCUT2D eigenvalue weighted by atomic mass is 79.9. The molecule has 0 saturated carbocycles. The maximum Gasteiger partial charge on any atom is 0.181 e. The van der Waals surface area contributed by atoms with Crippen molar-refractivity contribution in [3.63, 3.8) is 0 Å². The molecule has 3 aromatic carbocycles. The first-order valence-electron chi connectivity index (χ1n) is 8.07. The Morgan fingerprint density at radius 3 is 1.17 bits per heavy atom. The van der Waals surface area contributed by atoms with Crippen LogP contribution in [-0.4, -0.2) is 18.3 Å². The summed E-state index contributed by atoms with van der Waals surface area (Å²) >= 11 is 0. The Kier molecular flexibility index (Phi) is 6.74. The summed E-state index contributed by atoms with van der Waals surface area (Å²) in [5, 5.41) is 4.21. The van der Waals surface area contributed by atoms with Crippen molar-refractivity contribution in [2.75, 3.05) is 13.6 Å². The van der Waals surface area contributed by atoms with Crippen molar-refractivity contribution in [3.05, 3.63) is 91.0 Å². The second-order valence-corrected chi connectivity index (χ2v) is 9.12. The quantitative estimate of drug-likeness (QED) is 0.575. The van der Waals surface area contributed by atoms with Gasteiger partial charge in [-0.2, -0.15) is 4.67 Å². The van der Waals surface area contributed by atoms with E-state index in [4.69, 9.17) is 0 Å². The summed E-state index contributed by atoms with van der Waals surface area (Å²) in [6.07, 6.45) is 0. The van der Waals surface area contributed by atoms with E-state index < -0.39 is 7.41 Å². The third kappa shape index (κ3) is 3.32. The van der Waals surface area contributed by atoms with Gasteiger partial charge in [-0.05, 0) is 43.3 Å². The van der Waals surface area contributed by atoms with Gasteiger partial charge in [0.15, 0.2) is 7.41 Å². The lowest BCUT2D eigenvalue weighted by Gasteiger charge is -2.33. The third-order valence-electron chi connectivity index (χ3n) is 4.36. The molecular formula is C21H23BrNP. The second-order valence-electron chi connectivity index (χ2n) is 5.62. The van der Waals surface area contributed by atoms with E-state index in [0.717, 1.165) is 6.54 Å². The van der Waals surface area contributed by atoms with Crippen molar-refractivity contribution in [2.45, 2.75) is 6.92 Å². The van der Waals surface area contributed by atoms with Crippen LogP contribution in [0.25, 0.3) is 0 Å². The van der Waals surface area contributed by atoms with Gasteiger partial charge in [-0.15, -0.1) is 0 Å². The lowest BCUT2D eigenvalue weighted by Crippen LogP contribution is -3.00. The van der Waals surface area contributed by atoms with Gasteiger partial charge in [-0.25, -0.2) is 0 Å². The van der Waals surface area contributed by atoms with Crippen LogP contribution in [0.15, 0.2) is 91.0 Å². The largest absolute Gasteiger partial charge is 1.00 e. The molecular weight excluding hydrogens is 377 g/mol. The Balaban J connectivity index is 0.00000208. The third-order valence-corrected chi connectivity index (χ3v) is 8.80. The molecule has 1 nitrogen and oxygen atoms in total. The van der Waals surface area contributed by atoms with Crippen LogP contribution in [0.2, 0.25) is 0 Å². The van der Waals surface area contributed by atoms with Crippen molar-refractivity contribution < 1.29 is 17.0 Å². The summed E-state index contributed by atoms with van der Waals surface area (Å²) < 4.78 is 2.53. The number of benzene rings is 3. The average Bonchev–Trinajstić information content (AvgIpc) is 2.65. The fourth-order valence-corrected chi connectivity index (χ4v) is 7.49. The fraction of sp³-hybridized carbons (Fsp3) is 0.143. The molecule has 0 aliphatic heterocycles. The van der Waals surface area contributed by atoms with Crippen LogP contribution in [-0.2, 0) is 0 Å². The molecule has 0 saturated heterocycles. The molecule has 124 valence electrons. The van der Waals surface area contributed by atoms with E-state index in [0.29, 0.717) is 0 Å².